The molecule has 2 saturated carbocycles. The highest BCUT2D eigenvalue weighted by atomic mass is 16.2. The Labute approximate surface area is 158 Å². The standard InChI is InChI=1S/C22H33N3O/c1-23(2)20-10-18-12-21(13-19(18)11-20)24(3)22(26)15-25-9-8-16-6-4-5-7-17(16)14-25/h4-7,18-21H,8-15H2,1-3H3/t18-,19+,20?,21?. The predicted octanol–water partition coefficient (Wildman–Crippen LogP) is 2.62. The summed E-state index contributed by atoms with van der Waals surface area (Å²) in [5, 5.41) is 0. The maximum absolute atomic E-state index is 12.9. The fourth-order valence-electron chi connectivity index (χ4n) is 5.49. The number of carbonyl (C=O) groups excluding carboxylic acids is 1. The molecule has 142 valence electrons. The Bertz CT molecular complexity index is 645. The highest BCUT2D eigenvalue weighted by Crippen LogP contribution is 2.46. The Kier molecular flexibility index (Phi) is 5.07. The topological polar surface area (TPSA) is 26.8 Å². The van der Waals surface area contributed by atoms with Gasteiger partial charge in [0.1, 0.15) is 0 Å². The highest BCUT2D eigenvalue weighted by molar-refractivity contribution is 5.78. The molecule has 0 bridgehead atoms. The minimum atomic E-state index is 0.304. The first-order valence-corrected chi connectivity index (χ1v) is 10.2. The zero-order valence-electron chi connectivity index (χ0n) is 16.5. The molecule has 2 aliphatic carbocycles. The molecule has 4 heteroatoms. The van der Waals surface area contributed by atoms with Crippen molar-refractivity contribution in [2.24, 2.45) is 11.8 Å². The van der Waals surface area contributed by atoms with Crippen molar-refractivity contribution >= 4 is 5.91 Å². The van der Waals surface area contributed by atoms with Gasteiger partial charge in [0.15, 0.2) is 0 Å². The first-order chi connectivity index (χ1) is 12.5. The summed E-state index contributed by atoms with van der Waals surface area (Å²) in [5.74, 6) is 1.95. The smallest absolute Gasteiger partial charge is 0.236 e. The molecule has 1 aromatic rings. The van der Waals surface area contributed by atoms with Crippen LogP contribution in [0.25, 0.3) is 0 Å². The molecule has 1 aromatic carbocycles. The minimum absolute atomic E-state index is 0.304. The quantitative estimate of drug-likeness (QED) is 0.831. The van der Waals surface area contributed by atoms with Crippen molar-refractivity contribution in [1.82, 2.24) is 14.7 Å². The molecule has 1 amide bonds. The van der Waals surface area contributed by atoms with Crippen LogP contribution < -0.4 is 0 Å². The normalized spacial score (nSPS) is 31.1. The molecular formula is C22H33N3O. The molecule has 1 aliphatic heterocycles. The number of nitrogens with zero attached hydrogens (tertiary/aromatic N) is 3. The monoisotopic (exact) mass is 355 g/mol. The van der Waals surface area contributed by atoms with Crippen molar-refractivity contribution in [1.29, 1.82) is 0 Å². The average molecular weight is 356 g/mol. The highest BCUT2D eigenvalue weighted by Gasteiger charge is 2.44. The third-order valence-corrected chi connectivity index (χ3v) is 7.21. The van der Waals surface area contributed by atoms with E-state index in [4.69, 9.17) is 0 Å². The van der Waals surface area contributed by atoms with Crippen molar-refractivity contribution in [2.45, 2.75) is 50.7 Å². The number of fused-ring (bicyclic) bond motifs is 2. The summed E-state index contributed by atoms with van der Waals surface area (Å²) >= 11 is 0. The Balaban J connectivity index is 1.30. The summed E-state index contributed by atoms with van der Waals surface area (Å²) < 4.78 is 0. The maximum atomic E-state index is 12.9. The van der Waals surface area contributed by atoms with Crippen LogP contribution in [0.5, 0.6) is 0 Å². The van der Waals surface area contributed by atoms with E-state index in [0.717, 1.165) is 37.4 Å². The van der Waals surface area contributed by atoms with Crippen LogP contribution in [-0.4, -0.2) is 66.9 Å². The molecule has 2 unspecified atom stereocenters. The van der Waals surface area contributed by atoms with Crippen LogP contribution >= 0.6 is 0 Å². The number of hydrogen-bond donors (Lipinski definition) is 0. The molecule has 0 N–H and O–H groups in total. The van der Waals surface area contributed by atoms with E-state index in [1.54, 1.807) is 0 Å². The summed E-state index contributed by atoms with van der Waals surface area (Å²) in [6.45, 7) is 2.48. The minimum Gasteiger partial charge on any atom is -0.342 e. The second kappa shape index (κ2) is 7.32. The van der Waals surface area contributed by atoms with Crippen molar-refractivity contribution in [2.75, 3.05) is 34.2 Å². The van der Waals surface area contributed by atoms with Crippen molar-refractivity contribution < 1.29 is 4.79 Å². The van der Waals surface area contributed by atoms with Gasteiger partial charge in [-0.05, 0) is 69.2 Å². The van der Waals surface area contributed by atoms with Gasteiger partial charge in [-0.2, -0.15) is 0 Å². The van der Waals surface area contributed by atoms with E-state index in [9.17, 15) is 4.79 Å². The largest absolute Gasteiger partial charge is 0.342 e. The zero-order chi connectivity index (χ0) is 18.3. The molecule has 4 rings (SSSR count). The van der Waals surface area contributed by atoms with Gasteiger partial charge in [0.05, 0.1) is 6.54 Å². The van der Waals surface area contributed by atoms with Crippen LogP contribution in [0, 0.1) is 11.8 Å². The van der Waals surface area contributed by atoms with E-state index < -0.39 is 0 Å². The Hall–Kier alpha value is -1.39. The average Bonchev–Trinajstić information content (AvgIpc) is 3.20. The molecule has 0 saturated heterocycles. The van der Waals surface area contributed by atoms with E-state index in [1.807, 2.05) is 7.05 Å². The number of hydrogen-bond acceptors (Lipinski definition) is 3. The molecule has 0 spiro atoms. The summed E-state index contributed by atoms with van der Waals surface area (Å²) in [5.41, 5.74) is 2.84. The maximum Gasteiger partial charge on any atom is 0.236 e. The lowest BCUT2D eigenvalue weighted by molar-refractivity contribution is -0.133. The Morgan fingerprint density at radius 2 is 1.62 bits per heavy atom. The first-order valence-electron chi connectivity index (χ1n) is 10.2. The second-order valence-corrected chi connectivity index (χ2v) is 8.97. The van der Waals surface area contributed by atoms with Gasteiger partial charge in [-0.1, -0.05) is 24.3 Å². The van der Waals surface area contributed by atoms with Crippen molar-refractivity contribution in [3.8, 4) is 0 Å². The van der Waals surface area contributed by atoms with Crippen LogP contribution in [-0.2, 0) is 17.8 Å². The van der Waals surface area contributed by atoms with Gasteiger partial charge in [-0.15, -0.1) is 0 Å². The van der Waals surface area contributed by atoms with E-state index in [0.29, 0.717) is 18.5 Å². The lowest BCUT2D eigenvalue weighted by Crippen LogP contribution is -2.44. The Morgan fingerprint density at radius 3 is 2.27 bits per heavy atom. The molecular weight excluding hydrogens is 322 g/mol. The van der Waals surface area contributed by atoms with E-state index in [1.165, 1.54) is 36.8 Å². The fourth-order valence-corrected chi connectivity index (χ4v) is 5.49. The van der Waals surface area contributed by atoms with Gasteiger partial charge in [0.25, 0.3) is 0 Å². The van der Waals surface area contributed by atoms with Gasteiger partial charge < -0.3 is 9.80 Å². The molecule has 0 radical (unpaired) electrons. The summed E-state index contributed by atoms with van der Waals surface area (Å²) in [7, 11) is 6.45. The van der Waals surface area contributed by atoms with Crippen LogP contribution in [0.15, 0.2) is 24.3 Å². The molecule has 1 heterocycles. The number of carbonyl (C=O) groups is 1. The van der Waals surface area contributed by atoms with E-state index in [-0.39, 0.29) is 0 Å². The second-order valence-electron chi connectivity index (χ2n) is 8.97. The Morgan fingerprint density at radius 1 is 1.00 bits per heavy atom. The fraction of sp³-hybridized carbons (Fsp3) is 0.682. The number of rotatable bonds is 4. The number of benzene rings is 1. The van der Waals surface area contributed by atoms with Crippen LogP contribution in [0.2, 0.25) is 0 Å². The summed E-state index contributed by atoms with van der Waals surface area (Å²) in [6.07, 6.45) is 6.12. The van der Waals surface area contributed by atoms with Gasteiger partial charge in [0, 0.05) is 32.2 Å². The molecule has 4 atom stereocenters. The predicted molar refractivity (Wildman–Crippen MR) is 105 cm³/mol. The van der Waals surface area contributed by atoms with Gasteiger partial charge >= 0.3 is 0 Å². The zero-order valence-corrected chi connectivity index (χ0v) is 16.5. The lowest BCUT2D eigenvalue weighted by Gasteiger charge is -2.32. The molecule has 2 fully saturated rings. The lowest BCUT2D eigenvalue weighted by atomic mass is 10.00. The molecule has 0 aromatic heterocycles. The summed E-state index contributed by atoms with van der Waals surface area (Å²) in [4.78, 5) is 19.7. The number of amides is 1. The number of likely N-dealkylation sites (N-methyl/N-ethyl adjacent to an activating group) is 1. The third kappa shape index (κ3) is 3.54. The van der Waals surface area contributed by atoms with Crippen molar-refractivity contribution in [3.05, 3.63) is 35.4 Å². The summed E-state index contributed by atoms with van der Waals surface area (Å²) in [6, 6.07) is 9.85. The SMILES string of the molecule is CN(C)C1C[C@@H]2CC(N(C)C(=O)CN3CCc4ccccc4C3)C[C@@H]2C1. The first kappa shape index (κ1) is 18.0. The van der Waals surface area contributed by atoms with Gasteiger partial charge in [0.2, 0.25) is 5.91 Å². The van der Waals surface area contributed by atoms with Gasteiger partial charge in [-0.3, -0.25) is 9.69 Å². The van der Waals surface area contributed by atoms with Crippen molar-refractivity contribution in [3.63, 3.8) is 0 Å². The van der Waals surface area contributed by atoms with Crippen LogP contribution in [0.4, 0.5) is 0 Å². The molecule has 3 aliphatic rings. The van der Waals surface area contributed by atoms with E-state index in [2.05, 4.69) is 53.1 Å². The van der Waals surface area contributed by atoms with Gasteiger partial charge in [-0.25, -0.2) is 0 Å². The van der Waals surface area contributed by atoms with E-state index >= 15 is 0 Å². The van der Waals surface area contributed by atoms with Crippen LogP contribution in [0.1, 0.15) is 36.8 Å². The van der Waals surface area contributed by atoms with Crippen LogP contribution in [0.3, 0.4) is 0 Å². The molecule has 26 heavy (non-hydrogen) atoms. The molecule has 4 nitrogen and oxygen atoms in total. The third-order valence-electron chi connectivity index (χ3n) is 7.21.